The summed E-state index contributed by atoms with van der Waals surface area (Å²) in [6.07, 6.45) is 7.04. The third kappa shape index (κ3) is 12.0. The van der Waals surface area contributed by atoms with Crippen molar-refractivity contribution in [2.45, 2.75) is 64.9 Å². The molecule has 0 aliphatic rings. The molecule has 2 atom stereocenters. The minimum Gasteiger partial charge on any atom is -0.299 e. The van der Waals surface area contributed by atoms with E-state index in [0.717, 1.165) is 12.8 Å². The van der Waals surface area contributed by atoms with Gasteiger partial charge in [0, 0.05) is 0 Å². The van der Waals surface area contributed by atoms with Crippen molar-refractivity contribution in [2.75, 3.05) is 0 Å². The molecular weight excluding hydrogens is 218 g/mol. The summed E-state index contributed by atoms with van der Waals surface area (Å²) in [7, 11) is -4.79. The highest BCUT2D eigenvalue weighted by molar-refractivity contribution is 7.46. The molecule has 0 saturated carbocycles. The van der Waals surface area contributed by atoms with E-state index >= 15 is 0 Å². The Balaban J connectivity index is 3.32. The number of hydrogen-bond acceptors (Lipinski definition) is 2. The molecule has 0 saturated heterocycles. The Kier molecular flexibility index (Phi) is 8.30. The summed E-state index contributed by atoms with van der Waals surface area (Å²) in [4.78, 5) is 8.33. The van der Waals surface area contributed by atoms with Gasteiger partial charge >= 0.3 is 7.91 Å². The number of unbranched alkanes of at least 4 members (excludes halogenated alkanes) is 5. The SMILES string of the molecule is CCCCCCCCC(C)OP(=O)(O)F. The molecule has 0 aromatic carbocycles. The molecule has 0 heterocycles. The summed E-state index contributed by atoms with van der Waals surface area (Å²) in [5.74, 6) is 0. The second-order valence-corrected chi connectivity index (χ2v) is 5.04. The molecule has 15 heavy (non-hydrogen) atoms. The van der Waals surface area contributed by atoms with Crippen molar-refractivity contribution in [3.8, 4) is 0 Å². The predicted molar refractivity (Wildman–Crippen MR) is 59.5 cm³/mol. The molecule has 0 aliphatic heterocycles. The van der Waals surface area contributed by atoms with Crippen molar-refractivity contribution in [3.05, 3.63) is 0 Å². The summed E-state index contributed by atoms with van der Waals surface area (Å²) in [6, 6.07) is 0. The van der Waals surface area contributed by atoms with Gasteiger partial charge in [-0.1, -0.05) is 45.4 Å². The van der Waals surface area contributed by atoms with E-state index in [0.29, 0.717) is 6.42 Å². The van der Waals surface area contributed by atoms with Gasteiger partial charge < -0.3 is 0 Å². The van der Waals surface area contributed by atoms with Gasteiger partial charge in [-0.15, -0.1) is 4.20 Å². The van der Waals surface area contributed by atoms with Crippen molar-refractivity contribution in [1.82, 2.24) is 0 Å². The lowest BCUT2D eigenvalue weighted by Crippen LogP contribution is -2.04. The highest BCUT2D eigenvalue weighted by atomic mass is 31.2. The molecule has 0 rings (SSSR count). The van der Waals surface area contributed by atoms with Crippen molar-refractivity contribution in [3.63, 3.8) is 0 Å². The van der Waals surface area contributed by atoms with Gasteiger partial charge in [-0.25, -0.2) is 4.57 Å². The predicted octanol–water partition coefficient (Wildman–Crippen LogP) is 4.21. The zero-order chi connectivity index (χ0) is 11.7. The smallest absolute Gasteiger partial charge is 0.299 e. The van der Waals surface area contributed by atoms with Crippen LogP contribution in [-0.4, -0.2) is 11.0 Å². The first-order valence-electron chi connectivity index (χ1n) is 5.66. The summed E-state index contributed by atoms with van der Waals surface area (Å²) in [6.45, 7) is 3.78. The van der Waals surface area contributed by atoms with E-state index in [2.05, 4.69) is 11.4 Å². The first kappa shape index (κ1) is 15.1. The van der Waals surface area contributed by atoms with Crippen LogP contribution in [0.3, 0.4) is 0 Å². The topological polar surface area (TPSA) is 46.5 Å². The van der Waals surface area contributed by atoms with Crippen LogP contribution in [0.15, 0.2) is 0 Å². The fraction of sp³-hybridized carbons (Fsp3) is 1.00. The molecule has 0 spiro atoms. The molecule has 0 fully saturated rings. The Morgan fingerprint density at radius 2 is 1.80 bits per heavy atom. The maximum absolute atomic E-state index is 12.2. The maximum Gasteiger partial charge on any atom is 0.510 e. The maximum atomic E-state index is 12.2. The molecule has 3 nitrogen and oxygen atoms in total. The van der Waals surface area contributed by atoms with Gasteiger partial charge in [0.05, 0.1) is 6.10 Å². The van der Waals surface area contributed by atoms with Gasteiger partial charge in [0.15, 0.2) is 0 Å². The van der Waals surface area contributed by atoms with Crippen molar-refractivity contribution < 1.29 is 18.2 Å². The molecular formula is C10H22FO3P. The van der Waals surface area contributed by atoms with Gasteiger partial charge in [-0.3, -0.25) is 9.42 Å². The van der Waals surface area contributed by atoms with E-state index in [4.69, 9.17) is 4.89 Å². The Labute approximate surface area is 91.7 Å². The molecule has 0 amide bonds. The van der Waals surface area contributed by atoms with Crippen LogP contribution in [0.2, 0.25) is 0 Å². The first-order chi connectivity index (χ1) is 6.95. The molecule has 0 aliphatic carbocycles. The van der Waals surface area contributed by atoms with Gasteiger partial charge in [0.1, 0.15) is 0 Å². The van der Waals surface area contributed by atoms with E-state index in [1.807, 2.05) is 0 Å². The number of rotatable bonds is 9. The highest BCUT2D eigenvalue weighted by Crippen LogP contribution is 2.45. The van der Waals surface area contributed by atoms with Crippen LogP contribution in [0.5, 0.6) is 0 Å². The van der Waals surface area contributed by atoms with Gasteiger partial charge in [-0.2, -0.15) is 0 Å². The van der Waals surface area contributed by atoms with Crippen LogP contribution < -0.4 is 0 Å². The summed E-state index contributed by atoms with van der Waals surface area (Å²) >= 11 is 0. The Morgan fingerprint density at radius 3 is 2.33 bits per heavy atom. The second-order valence-electron chi connectivity index (χ2n) is 3.92. The Morgan fingerprint density at radius 1 is 1.27 bits per heavy atom. The van der Waals surface area contributed by atoms with Crippen LogP contribution >= 0.6 is 7.91 Å². The molecule has 0 radical (unpaired) electrons. The summed E-state index contributed by atoms with van der Waals surface area (Å²) in [5.41, 5.74) is 0. The number of halogens is 1. The fourth-order valence-electron chi connectivity index (χ4n) is 1.49. The average Bonchev–Trinajstić information content (AvgIpc) is 2.08. The van der Waals surface area contributed by atoms with E-state index in [1.165, 1.54) is 25.7 Å². The minimum absolute atomic E-state index is 0.475. The monoisotopic (exact) mass is 240 g/mol. The van der Waals surface area contributed by atoms with Gasteiger partial charge in [0.2, 0.25) is 0 Å². The van der Waals surface area contributed by atoms with E-state index in [1.54, 1.807) is 6.92 Å². The average molecular weight is 240 g/mol. The molecule has 5 heteroatoms. The van der Waals surface area contributed by atoms with E-state index in [9.17, 15) is 8.76 Å². The lowest BCUT2D eigenvalue weighted by molar-refractivity contribution is 0.155. The van der Waals surface area contributed by atoms with Crippen LogP contribution in [0, 0.1) is 0 Å². The van der Waals surface area contributed by atoms with Crippen molar-refractivity contribution in [2.24, 2.45) is 0 Å². The molecule has 0 bridgehead atoms. The molecule has 0 aromatic rings. The summed E-state index contributed by atoms with van der Waals surface area (Å²) in [5, 5.41) is 0. The fourth-order valence-corrected chi connectivity index (χ4v) is 2.04. The highest BCUT2D eigenvalue weighted by Gasteiger charge is 2.20. The third-order valence-corrected chi connectivity index (χ3v) is 2.89. The summed E-state index contributed by atoms with van der Waals surface area (Å²) < 4.78 is 26.8. The quantitative estimate of drug-likeness (QED) is 0.485. The van der Waals surface area contributed by atoms with Crippen LogP contribution in [0.4, 0.5) is 4.20 Å². The van der Waals surface area contributed by atoms with Gasteiger partial charge in [-0.05, 0) is 13.3 Å². The molecule has 1 N–H and O–H groups in total. The minimum atomic E-state index is -4.79. The van der Waals surface area contributed by atoms with E-state index < -0.39 is 14.0 Å². The van der Waals surface area contributed by atoms with Crippen LogP contribution in [0.1, 0.15) is 58.8 Å². The largest absolute Gasteiger partial charge is 0.510 e. The van der Waals surface area contributed by atoms with Crippen LogP contribution in [-0.2, 0) is 9.09 Å². The Bertz CT molecular complexity index is 193. The third-order valence-electron chi connectivity index (χ3n) is 2.27. The van der Waals surface area contributed by atoms with Gasteiger partial charge in [0.25, 0.3) is 0 Å². The van der Waals surface area contributed by atoms with Crippen molar-refractivity contribution in [1.29, 1.82) is 0 Å². The molecule has 0 aromatic heterocycles. The lowest BCUT2D eigenvalue weighted by Gasteiger charge is -2.11. The second kappa shape index (κ2) is 8.26. The lowest BCUT2D eigenvalue weighted by atomic mass is 10.1. The molecule has 92 valence electrons. The molecule has 2 unspecified atom stereocenters. The van der Waals surface area contributed by atoms with E-state index in [-0.39, 0.29) is 0 Å². The standard InChI is InChI=1S/C10H22FO3P/c1-3-4-5-6-7-8-9-10(2)14-15(11,12)13/h10H,3-9H2,1-2H3,(H,12,13). The number of hydrogen-bond donors (Lipinski definition) is 1. The zero-order valence-corrected chi connectivity index (χ0v) is 10.5. The van der Waals surface area contributed by atoms with Crippen LogP contribution in [0.25, 0.3) is 0 Å². The normalized spacial score (nSPS) is 17.3. The zero-order valence-electron chi connectivity index (χ0n) is 9.62. The Hall–Kier alpha value is 0.0800. The first-order valence-corrected chi connectivity index (χ1v) is 7.13. The van der Waals surface area contributed by atoms with Crippen molar-refractivity contribution >= 4 is 7.91 Å².